The molecule has 2 unspecified atom stereocenters. The van der Waals surface area contributed by atoms with E-state index in [1.54, 1.807) is 0 Å². The lowest BCUT2D eigenvalue weighted by molar-refractivity contribution is 0.203. The zero-order valence-electron chi connectivity index (χ0n) is 11.3. The molecule has 2 nitrogen and oxygen atoms in total. The first-order chi connectivity index (χ1) is 9.19. The summed E-state index contributed by atoms with van der Waals surface area (Å²) in [5, 5.41) is 0.924. The minimum absolute atomic E-state index is 0.599. The lowest BCUT2D eigenvalue weighted by Gasteiger charge is -2.44. The van der Waals surface area contributed by atoms with Crippen LogP contribution in [0.5, 0.6) is 0 Å². The Labute approximate surface area is 132 Å². The van der Waals surface area contributed by atoms with Crippen LogP contribution < -0.4 is 4.90 Å². The average Bonchev–Trinajstić information content (AvgIpc) is 2.84. The molecule has 0 spiro atoms. The Bertz CT molecular complexity index is 463. The van der Waals surface area contributed by atoms with Crippen LogP contribution in [0.3, 0.4) is 0 Å². The first kappa shape index (κ1) is 13.9. The predicted octanol–water partition coefficient (Wildman–Crippen LogP) is 4.02. The van der Waals surface area contributed by atoms with E-state index in [1.807, 2.05) is 0 Å². The van der Waals surface area contributed by atoms with Crippen molar-refractivity contribution in [2.75, 3.05) is 24.5 Å². The fraction of sp³-hybridized carbons (Fsp3) is 0.600. The molecule has 2 atom stereocenters. The van der Waals surface area contributed by atoms with Crippen molar-refractivity contribution >= 4 is 37.5 Å². The van der Waals surface area contributed by atoms with Crippen molar-refractivity contribution in [3.8, 4) is 0 Å². The molecule has 1 aromatic carbocycles. The third-order valence-electron chi connectivity index (χ3n) is 4.44. The number of hydrogen-bond donors (Lipinski definition) is 0. The Morgan fingerprint density at radius 2 is 2.16 bits per heavy atom. The average molecular weight is 388 g/mol. The van der Waals surface area contributed by atoms with Gasteiger partial charge in [0.1, 0.15) is 0 Å². The van der Waals surface area contributed by atoms with Crippen LogP contribution in [0.4, 0.5) is 5.69 Å². The number of fused-ring (bicyclic) bond motifs is 1. The second kappa shape index (κ2) is 5.74. The number of alkyl halides is 1. The van der Waals surface area contributed by atoms with Crippen molar-refractivity contribution in [1.82, 2.24) is 4.90 Å². The van der Waals surface area contributed by atoms with E-state index >= 15 is 0 Å². The van der Waals surface area contributed by atoms with E-state index in [0.717, 1.165) is 11.4 Å². The lowest BCUT2D eigenvalue weighted by atomic mass is 10.0. The highest BCUT2D eigenvalue weighted by Gasteiger charge is 2.34. The monoisotopic (exact) mass is 386 g/mol. The molecule has 2 aliphatic heterocycles. The lowest BCUT2D eigenvalue weighted by Crippen LogP contribution is -2.55. The van der Waals surface area contributed by atoms with Crippen molar-refractivity contribution in [3.05, 3.63) is 28.2 Å². The number of piperazine rings is 1. The topological polar surface area (TPSA) is 6.48 Å². The van der Waals surface area contributed by atoms with E-state index in [2.05, 4.69) is 66.8 Å². The highest BCUT2D eigenvalue weighted by Crippen LogP contribution is 2.33. The Kier molecular flexibility index (Phi) is 4.20. The summed E-state index contributed by atoms with van der Waals surface area (Å²) in [5.74, 6) is 0. The number of anilines is 1. The van der Waals surface area contributed by atoms with Crippen LogP contribution >= 0.6 is 31.9 Å². The van der Waals surface area contributed by atoms with Crippen LogP contribution in [0.2, 0.25) is 0 Å². The number of benzene rings is 1. The molecular weight excluding hydrogens is 368 g/mol. The standard InChI is InChI=1S/C15H20Br2N2/c1-11-9-18-6-2-3-14(18)10-19(11)15-7-13(17)5-4-12(15)8-16/h4-5,7,11,14H,2-3,6,8-10H2,1H3. The van der Waals surface area contributed by atoms with E-state index in [0.29, 0.717) is 6.04 Å². The largest absolute Gasteiger partial charge is 0.366 e. The Balaban J connectivity index is 1.90. The first-order valence-electron chi connectivity index (χ1n) is 7.04. The molecule has 0 saturated carbocycles. The van der Waals surface area contributed by atoms with Crippen LogP contribution in [0.25, 0.3) is 0 Å². The number of hydrogen-bond acceptors (Lipinski definition) is 2. The highest BCUT2D eigenvalue weighted by molar-refractivity contribution is 9.10. The molecule has 19 heavy (non-hydrogen) atoms. The van der Waals surface area contributed by atoms with Gasteiger partial charge in [-0.25, -0.2) is 0 Å². The summed E-state index contributed by atoms with van der Waals surface area (Å²) in [5.41, 5.74) is 2.78. The molecule has 2 saturated heterocycles. The van der Waals surface area contributed by atoms with Crippen LogP contribution in [0, 0.1) is 0 Å². The summed E-state index contributed by atoms with van der Waals surface area (Å²) in [6.07, 6.45) is 2.73. The maximum Gasteiger partial charge on any atom is 0.0422 e. The summed E-state index contributed by atoms with van der Waals surface area (Å²) in [6.45, 7) is 6.04. The van der Waals surface area contributed by atoms with Gasteiger partial charge >= 0.3 is 0 Å². The van der Waals surface area contributed by atoms with Gasteiger partial charge in [0, 0.05) is 40.7 Å². The van der Waals surface area contributed by atoms with Crippen molar-refractivity contribution in [3.63, 3.8) is 0 Å². The number of rotatable bonds is 2. The van der Waals surface area contributed by atoms with E-state index in [9.17, 15) is 0 Å². The molecule has 0 N–H and O–H groups in total. The molecule has 0 aromatic heterocycles. The van der Waals surface area contributed by atoms with Gasteiger partial charge in [0.05, 0.1) is 0 Å². The Hall–Kier alpha value is -0.0600. The van der Waals surface area contributed by atoms with Gasteiger partial charge in [-0.3, -0.25) is 4.90 Å². The van der Waals surface area contributed by atoms with Crippen LogP contribution in [-0.4, -0.2) is 36.6 Å². The fourth-order valence-corrected chi connectivity index (χ4v) is 4.26. The van der Waals surface area contributed by atoms with Gasteiger partial charge in [0.2, 0.25) is 0 Å². The zero-order valence-corrected chi connectivity index (χ0v) is 14.5. The number of halogens is 2. The zero-order chi connectivity index (χ0) is 13.4. The summed E-state index contributed by atoms with van der Waals surface area (Å²) in [7, 11) is 0. The second-order valence-electron chi connectivity index (χ2n) is 5.70. The smallest absolute Gasteiger partial charge is 0.0422 e. The molecule has 4 heteroatoms. The Morgan fingerprint density at radius 1 is 1.32 bits per heavy atom. The molecular formula is C15H20Br2N2. The van der Waals surface area contributed by atoms with Crippen molar-refractivity contribution < 1.29 is 0 Å². The molecule has 0 bridgehead atoms. The molecule has 2 fully saturated rings. The molecule has 0 amide bonds. The number of nitrogens with zero attached hydrogens (tertiary/aromatic N) is 2. The van der Waals surface area contributed by atoms with Crippen LogP contribution in [0.15, 0.2) is 22.7 Å². The minimum Gasteiger partial charge on any atom is -0.366 e. The van der Waals surface area contributed by atoms with Crippen molar-refractivity contribution in [1.29, 1.82) is 0 Å². The van der Waals surface area contributed by atoms with Gasteiger partial charge < -0.3 is 4.90 Å². The summed E-state index contributed by atoms with van der Waals surface area (Å²) in [4.78, 5) is 5.28. The van der Waals surface area contributed by atoms with E-state index < -0.39 is 0 Å². The summed E-state index contributed by atoms with van der Waals surface area (Å²) in [6, 6.07) is 8.00. The van der Waals surface area contributed by atoms with Crippen molar-refractivity contribution in [2.45, 2.75) is 37.2 Å². The predicted molar refractivity (Wildman–Crippen MR) is 88.2 cm³/mol. The van der Waals surface area contributed by atoms with E-state index in [1.165, 1.54) is 48.2 Å². The highest BCUT2D eigenvalue weighted by atomic mass is 79.9. The van der Waals surface area contributed by atoms with Crippen LogP contribution in [0.1, 0.15) is 25.3 Å². The molecule has 1 aromatic rings. The summed E-state index contributed by atoms with van der Waals surface area (Å²) >= 11 is 7.24. The second-order valence-corrected chi connectivity index (χ2v) is 7.18. The molecule has 3 rings (SSSR count). The summed E-state index contributed by atoms with van der Waals surface area (Å²) < 4.78 is 1.17. The molecule has 0 radical (unpaired) electrons. The maximum absolute atomic E-state index is 3.62. The Morgan fingerprint density at radius 3 is 2.95 bits per heavy atom. The van der Waals surface area contributed by atoms with Gasteiger partial charge in [0.15, 0.2) is 0 Å². The quantitative estimate of drug-likeness (QED) is 0.707. The molecule has 104 valence electrons. The van der Waals surface area contributed by atoms with E-state index in [-0.39, 0.29) is 0 Å². The SMILES string of the molecule is CC1CN2CCCC2CN1c1cc(Br)ccc1CBr. The van der Waals surface area contributed by atoms with Crippen molar-refractivity contribution in [2.24, 2.45) is 0 Å². The molecule has 2 aliphatic rings. The maximum atomic E-state index is 3.62. The van der Waals surface area contributed by atoms with Gasteiger partial charge in [0.25, 0.3) is 0 Å². The normalized spacial score (nSPS) is 27.6. The van der Waals surface area contributed by atoms with E-state index in [4.69, 9.17) is 0 Å². The van der Waals surface area contributed by atoms with Gasteiger partial charge in [-0.2, -0.15) is 0 Å². The third kappa shape index (κ3) is 2.72. The van der Waals surface area contributed by atoms with Gasteiger partial charge in [-0.1, -0.05) is 37.9 Å². The first-order valence-corrected chi connectivity index (χ1v) is 8.95. The molecule has 0 aliphatic carbocycles. The van der Waals surface area contributed by atoms with Crippen LogP contribution in [-0.2, 0) is 5.33 Å². The fourth-order valence-electron chi connectivity index (χ4n) is 3.44. The minimum atomic E-state index is 0.599. The molecule has 2 heterocycles. The third-order valence-corrected chi connectivity index (χ3v) is 5.54. The van der Waals surface area contributed by atoms with Gasteiger partial charge in [-0.05, 0) is 44.0 Å². The van der Waals surface area contributed by atoms with Gasteiger partial charge in [-0.15, -0.1) is 0 Å².